The molecule has 2 aliphatic rings. The minimum absolute atomic E-state index is 0.281. The standard InChI is InChI=1S/C10H16N2O5/c13-9-11(3-7-16-9)1-5-15-6-2-12-4-8-17-10(12)14/h1-8H2. The highest BCUT2D eigenvalue weighted by molar-refractivity contribution is 5.69. The van der Waals surface area contributed by atoms with Crippen molar-refractivity contribution < 1.29 is 23.8 Å². The minimum atomic E-state index is -0.281. The van der Waals surface area contributed by atoms with E-state index in [0.717, 1.165) is 0 Å². The molecule has 2 heterocycles. The number of carbonyl (C=O) groups is 2. The first-order valence-corrected chi connectivity index (χ1v) is 5.68. The van der Waals surface area contributed by atoms with Crippen molar-refractivity contribution >= 4 is 12.2 Å². The number of hydrogen-bond acceptors (Lipinski definition) is 5. The van der Waals surface area contributed by atoms with E-state index in [1.807, 2.05) is 0 Å². The molecule has 2 aliphatic heterocycles. The molecular formula is C10H16N2O5. The lowest BCUT2D eigenvalue weighted by molar-refractivity contribution is 0.0946. The van der Waals surface area contributed by atoms with Crippen molar-refractivity contribution in [3.8, 4) is 0 Å². The van der Waals surface area contributed by atoms with Crippen LogP contribution >= 0.6 is 0 Å². The summed E-state index contributed by atoms with van der Waals surface area (Å²) in [5.74, 6) is 0. The number of cyclic esters (lactones) is 2. The van der Waals surface area contributed by atoms with Crippen LogP contribution in [0.25, 0.3) is 0 Å². The van der Waals surface area contributed by atoms with Gasteiger partial charge in [-0.25, -0.2) is 9.59 Å². The van der Waals surface area contributed by atoms with E-state index in [4.69, 9.17) is 14.2 Å². The lowest BCUT2D eigenvalue weighted by Gasteiger charge is -2.14. The molecule has 0 atom stereocenters. The van der Waals surface area contributed by atoms with Crippen LogP contribution in [-0.2, 0) is 14.2 Å². The molecule has 0 bridgehead atoms. The smallest absolute Gasteiger partial charge is 0.410 e. The van der Waals surface area contributed by atoms with Gasteiger partial charge in [-0.05, 0) is 0 Å². The SMILES string of the molecule is O=C1OCCN1CCOCCN1CCOC1=O. The zero-order chi connectivity index (χ0) is 12.1. The van der Waals surface area contributed by atoms with E-state index in [9.17, 15) is 9.59 Å². The lowest BCUT2D eigenvalue weighted by Crippen LogP contribution is -2.31. The number of nitrogens with zero attached hydrogens (tertiary/aromatic N) is 2. The van der Waals surface area contributed by atoms with Gasteiger partial charge in [-0.3, -0.25) is 0 Å². The minimum Gasteiger partial charge on any atom is -0.448 e. The molecule has 0 spiro atoms. The second-order valence-electron chi connectivity index (χ2n) is 3.82. The molecular weight excluding hydrogens is 228 g/mol. The molecule has 0 N–H and O–H groups in total. The average molecular weight is 244 g/mol. The molecule has 0 unspecified atom stereocenters. The second-order valence-corrected chi connectivity index (χ2v) is 3.82. The zero-order valence-electron chi connectivity index (χ0n) is 9.59. The molecule has 0 aliphatic carbocycles. The topological polar surface area (TPSA) is 68.3 Å². The van der Waals surface area contributed by atoms with Crippen LogP contribution < -0.4 is 0 Å². The quantitative estimate of drug-likeness (QED) is 0.611. The summed E-state index contributed by atoms with van der Waals surface area (Å²) in [7, 11) is 0. The van der Waals surface area contributed by atoms with Crippen LogP contribution in [0.1, 0.15) is 0 Å². The highest BCUT2D eigenvalue weighted by Crippen LogP contribution is 2.03. The van der Waals surface area contributed by atoms with Gasteiger partial charge in [0, 0.05) is 13.1 Å². The van der Waals surface area contributed by atoms with Crippen LogP contribution in [-0.4, -0.2) is 74.6 Å². The Morgan fingerprint density at radius 1 is 0.941 bits per heavy atom. The number of hydrogen-bond donors (Lipinski definition) is 0. The van der Waals surface area contributed by atoms with E-state index in [-0.39, 0.29) is 12.2 Å². The summed E-state index contributed by atoms with van der Waals surface area (Å²) in [5.41, 5.74) is 0. The fourth-order valence-corrected chi connectivity index (χ4v) is 1.71. The van der Waals surface area contributed by atoms with Crippen LogP contribution in [0.2, 0.25) is 0 Å². The van der Waals surface area contributed by atoms with Gasteiger partial charge in [-0.15, -0.1) is 0 Å². The van der Waals surface area contributed by atoms with Gasteiger partial charge in [0.2, 0.25) is 0 Å². The Balaban J connectivity index is 1.51. The third-order valence-electron chi connectivity index (χ3n) is 2.70. The fourth-order valence-electron chi connectivity index (χ4n) is 1.71. The average Bonchev–Trinajstić information content (AvgIpc) is 2.89. The third-order valence-corrected chi connectivity index (χ3v) is 2.70. The highest BCUT2D eigenvalue weighted by Gasteiger charge is 2.22. The monoisotopic (exact) mass is 244 g/mol. The molecule has 0 aromatic carbocycles. The van der Waals surface area contributed by atoms with Crippen molar-refractivity contribution in [3.05, 3.63) is 0 Å². The first-order chi connectivity index (χ1) is 8.27. The van der Waals surface area contributed by atoms with Gasteiger partial charge in [0.15, 0.2) is 0 Å². The van der Waals surface area contributed by atoms with Crippen molar-refractivity contribution in [1.82, 2.24) is 9.80 Å². The maximum atomic E-state index is 11.1. The fraction of sp³-hybridized carbons (Fsp3) is 0.800. The first-order valence-electron chi connectivity index (χ1n) is 5.68. The van der Waals surface area contributed by atoms with Gasteiger partial charge < -0.3 is 24.0 Å². The molecule has 0 aromatic heterocycles. The van der Waals surface area contributed by atoms with Gasteiger partial charge in [0.25, 0.3) is 0 Å². The van der Waals surface area contributed by atoms with Crippen molar-refractivity contribution in [2.45, 2.75) is 0 Å². The summed E-state index contributed by atoms with van der Waals surface area (Å²) in [5, 5.41) is 0. The molecule has 7 heteroatoms. The van der Waals surface area contributed by atoms with Gasteiger partial charge in [-0.1, -0.05) is 0 Å². The van der Waals surface area contributed by atoms with Crippen LogP contribution in [0.5, 0.6) is 0 Å². The number of amides is 2. The summed E-state index contributed by atoms with van der Waals surface area (Å²) in [6, 6.07) is 0. The normalized spacial score (nSPS) is 19.8. The third kappa shape index (κ3) is 3.23. The predicted octanol–water partition coefficient (Wildman–Crippen LogP) is -0.0926. The Bertz CT molecular complexity index is 268. The number of ether oxygens (including phenoxy) is 3. The zero-order valence-corrected chi connectivity index (χ0v) is 9.59. The Kier molecular flexibility index (Phi) is 4.03. The Morgan fingerprint density at radius 3 is 1.76 bits per heavy atom. The Morgan fingerprint density at radius 2 is 1.41 bits per heavy atom. The van der Waals surface area contributed by atoms with Crippen LogP contribution in [0.15, 0.2) is 0 Å². The van der Waals surface area contributed by atoms with E-state index < -0.39 is 0 Å². The summed E-state index contributed by atoms with van der Waals surface area (Å²) < 4.78 is 14.9. The molecule has 96 valence electrons. The Labute approximate surface area is 99.2 Å². The van der Waals surface area contributed by atoms with Gasteiger partial charge in [-0.2, -0.15) is 0 Å². The largest absolute Gasteiger partial charge is 0.448 e. The number of rotatable bonds is 6. The van der Waals surface area contributed by atoms with Gasteiger partial charge in [0.1, 0.15) is 13.2 Å². The van der Waals surface area contributed by atoms with Crippen molar-refractivity contribution in [1.29, 1.82) is 0 Å². The molecule has 2 rings (SSSR count). The first kappa shape index (κ1) is 12.0. The van der Waals surface area contributed by atoms with E-state index >= 15 is 0 Å². The number of carbonyl (C=O) groups excluding carboxylic acids is 2. The van der Waals surface area contributed by atoms with E-state index in [2.05, 4.69) is 0 Å². The van der Waals surface area contributed by atoms with Crippen molar-refractivity contribution in [2.24, 2.45) is 0 Å². The van der Waals surface area contributed by atoms with E-state index in [0.29, 0.717) is 52.6 Å². The van der Waals surface area contributed by atoms with Gasteiger partial charge >= 0.3 is 12.2 Å². The summed E-state index contributed by atoms with van der Waals surface area (Å²) in [4.78, 5) is 25.3. The predicted molar refractivity (Wildman–Crippen MR) is 56.7 cm³/mol. The molecule has 0 saturated carbocycles. The molecule has 17 heavy (non-hydrogen) atoms. The van der Waals surface area contributed by atoms with Crippen molar-refractivity contribution in [2.75, 3.05) is 52.6 Å². The van der Waals surface area contributed by atoms with Crippen LogP contribution in [0.4, 0.5) is 9.59 Å². The van der Waals surface area contributed by atoms with Gasteiger partial charge in [0.05, 0.1) is 26.3 Å². The Hall–Kier alpha value is -1.50. The molecule has 7 nitrogen and oxygen atoms in total. The van der Waals surface area contributed by atoms with E-state index in [1.54, 1.807) is 9.80 Å². The van der Waals surface area contributed by atoms with E-state index in [1.165, 1.54) is 0 Å². The molecule has 2 fully saturated rings. The second kappa shape index (κ2) is 5.72. The van der Waals surface area contributed by atoms with Crippen LogP contribution in [0.3, 0.4) is 0 Å². The summed E-state index contributed by atoms with van der Waals surface area (Å²) in [6.45, 7) is 4.14. The lowest BCUT2D eigenvalue weighted by atomic mass is 10.5. The molecule has 2 saturated heterocycles. The highest BCUT2D eigenvalue weighted by atomic mass is 16.6. The maximum absolute atomic E-state index is 11.1. The molecule has 0 aromatic rings. The molecule has 2 amide bonds. The molecule has 0 radical (unpaired) electrons. The van der Waals surface area contributed by atoms with Crippen LogP contribution in [0, 0.1) is 0 Å². The summed E-state index contributed by atoms with van der Waals surface area (Å²) >= 11 is 0. The maximum Gasteiger partial charge on any atom is 0.410 e. The van der Waals surface area contributed by atoms with Crippen molar-refractivity contribution in [3.63, 3.8) is 0 Å². The summed E-state index contributed by atoms with van der Waals surface area (Å²) in [6.07, 6.45) is -0.562.